The molecule has 11 nitrogen and oxygen atoms in total. The van der Waals surface area contributed by atoms with Gasteiger partial charge in [-0.2, -0.15) is 0 Å². The molecule has 0 atom stereocenters. The summed E-state index contributed by atoms with van der Waals surface area (Å²) in [4.78, 5) is 38.5. The minimum absolute atomic E-state index is 0.248. The lowest BCUT2D eigenvalue weighted by Gasteiger charge is -2.25. The summed E-state index contributed by atoms with van der Waals surface area (Å²) in [7, 11) is 11.2. The van der Waals surface area contributed by atoms with E-state index in [2.05, 4.69) is 32.0 Å². The van der Waals surface area contributed by atoms with E-state index in [1.54, 1.807) is 0 Å². The second-order valence-electron chi connectivity index (χ2n) is 10.4. The molecule has 0 aliphatic carbocycles. The van der Waals surface area contributed by atoms with E-state index < -0.39 is 5.97 Å². The van der Waals surface area contributed by atoms with Crippen LogP contribution >= 0.6 is 0 Å². The summed E-state index contributed by atoms with van der Waals surface area (Å²) in [6.45, 7) is 7.17. The Kier molecular flexibility index (Phi) is 9.12. The van der Waals surface area contributed by atoms with Gasteiger partial charge in [0.2, 0.25) is 11.9 Å². The average molecular weight is 571 g/mol. The molecule has 0 bridgehead atoms. The average Bonchev–Trinajstić information content (AvgIpc) is 3.37. The van der Waals surface area contributed by atoms with E-state index in [4.69, 9.17) is 9.72 Å². The van der Waals surface area contributed by atoms with Crippen LogP contribution in [0.4, 0.5) is 23.0 Å². The number of ether oxygens (including phenoxy) is 1. The van der Waals surface area contributed by atoms with Crippen molar-refractivity contribution < 1.29 is 14.3 Å². The van der Waals surface area contributed by atoms with Crippen molar-refractivity contribution in [3.8, 4) is 11.3 Å². The highest BCUT2D eigenvalue weighted by Gasteiger charge is 2.22. The van der Waals surface area contributed by atoms with Crippen LogP contribution in [0.25, 0.3) is 22.2 Å². The van der Waals surface area contributed by atoms with Gasteiger partial charge in [0, 0.05) is 63.3 Å². The number of nitrogens with one attached hydrogen (secondary N) is 2. The number of benzene rings is 2. The van der Waals surface area contributed by atoms with Crippen LogP contribution in [0.1, 0.15) is 15.9 Å². The number of anilines is 4. The Labute approximate surface area is 246 Å². The molecular formula is C31H38N8O3. The highest BCUT2D eigenvalue weighted by atomic mass is 16.5. The van der Waals surface area contributed by atoms with Gasteiger partial charge in [-0.05, 0) is 50.9 Å². The summed E-state index contributed by atoms with van der Waals surface area (Å²) in [6, 6.07) is 11.8. The molecule has 2 N–H and O–H groups in total. The summed E-state index contributed by atoms with van der Waals surface area (Å²) in [5.74, 6) is -0.559. The third kappa shape index (κ3) is 6.36. The van der Waals surface area contributed by atoms with E-state index in [1.807, 2.05) is 94.4 Å². The molecule has 2 heterocycles. The largest absolute Gasteiger partial charge is 0.465 e. The molecule has 0 fully saturated rings. The number of methoxy groups -OCH3 is 1. The number of likely N-dealkylation sites (N-methyl/N-ethyl adjacent to an activating group) is 2. The van der Waals surface area contributed by atoms with E-state index in [9.17, 15) is 9.59 Å². The zero-order chi connectivity index (χ0) is 30.6. The van der Waals surface area contributed by atoms with E-state index in [0.29, 0.717) is 17.1 Å². The predicted molar refractivity (Wildman–Crippen MR) is 169 cm³/mol. The van der Waals surface area contributed by atoms with Gasteiger partial charge in [-0.1, -0.05) is 24.8 Å². The van der Waals surface area contributed by atoms with Gasteiger partial charge in [0.05, 0.1) is 29.7 Å². The highest BCUT2D eigenvalue weighted by molar-refractivity contribution is 6.03. The monoisotopic (exact) mass is 570 g/mol. The number of esters is 1. The van der Waals surface area contributed by atoms with Crippen molar-refractivity contribution in [2.75, 3.05) is 76.0 Å². The molecule has 0 saturated heterocycles. The number of para-hydroxylation sites is 1. The topological polar surface area (TPSA) is 108 Å². The number of hydrogen-bond donors (Lipinski definition) is 2. The normalized spacial score (nSPS) is 11.0. The Morgan fingerprint density at radius 1 is 1.07 bits per heavy atom. The minimum atomic E-state index is -0.533. The second kappa shape index (κ2) is 12.7. The van der Waals surface area contributed by atoms with Crippen molar-refractivity contribution in [2.24, 2.45) is 0 Å². The smallest absolute Gasteiger partial charge is 0.341 e. The minimum Gasteiger partial charge on any atom is -0.465 e. The van der Waals surface area contributed by atoms with Crippen LogP contribution in [-0.2, 0) is 9.53 Å². The Hall–Kier alpha value is -4.90. The number of carbonyl (C=O) groups excluding carboxylic acids is 2. The fourth-order valence-corrected chi connectivity index (χ4v) is 4.61. The van der Waals surface area contributed by atoms with Crippen LogP contribution in [0.15, 0.2) is 61.4 Å². The molecule has 0 saturated carbocycles. The Balaban J connectivity index is 1.80. The fourth-order valence-electron chi connectivity index (χ4n) is 4.61. The van der Waals surface area contributed by atoms with Gasteiger partial charge in [-0.25, -0.2) is 14.8 Å². The summed E-state index contributed by atoms with van der Waals surface area (Å²) in [5, 5.41) is 9.10. The van der Waals surface area contributed by atoms with Crippen LogP contribution in [0.2, 0.25) is 0 Å². The van der Waals surface area contributed by atoms with Crippen molar-refractivity contribution in [3.05, 3.63) is 72.6 Å². The molecule has 11 heteroatoms. The molecular weight excluding hydrogens is 532 g/mol. The molecule has 2 aromatic heterocycles. The number of fused-ring (bicyclic) bond motifs is 1. The van der Waals surface area contributed by atoms with Gasteiger partial charge < -0.3 is 30.2 Å². The maximum absolute atomic E-state index is 12.8. The van der Waals surface area contributed by atoms with E-state index in [-0.39, 0.29) is 17.4 Å². The molecule has 0 aliphatic heterocycles. The molecule has 4 aromatic rings. The van der Waals surface area contributed by atoms with Gasteiger partial charge in [0.15, 0.2) is 0 Å². The van der Waals surface area contributed by atoms with Crippen molar-refractivity contribution in [2.45, 2.75) is 6.92 Å². The summed E-state index contributed by atoms with van der Waals surface area (Å²) < 4.78 is 7.05. The zero-order valence-corrected chi connectivity index (χ0v) is 25.2. The molecule has 0 radical (unpaired) electrons. The van der Waals surface area contributed by atoms with Gasteiger partial charge in [0.25, 0.3) is 0 Å². The first-order valence-electron chi connectivity index (χ1n) is 13.5. The maximum Gasteiger partial charge on any atom is 0.341 e. The van der Waals surface area contributed by atoms with Crippen molar-refractivity contribution in [1.82, 2.24) is 19.5 Å². The van der Waals surface area contributed by atoms with Crippen LogP contribution in [0, 0.1) is 6.92 Å². The summed E-state index contributed by atoms with van der Waals surface area (Å²) in [5.41, 5.74) is 5.53. The molecule has 0 unspecified atom stereocenters. The number of hydrogen-bond acceptors (Lipinski definition) is 9. The SMILES string of the molecule is C=CC(=O)Nc1cc(Nc2ncc(C(=O)OC)c(-c3cn(N(C)C)c4ccccc34)n2)c(C)cc1N(C)CCN(C)C. The van der Waals surface area contributed by atoms with Crippen LogP contribution in [0.5, 0.6) is 0 Å². The molecule has 2 aromatic carbocycles. The first-order valence-corrected chi connectivity index (χ1v) is 13.5. The van der Waals surface area contributed by atoms with E-state index in [1.165, 1.54) is 19.4 Å². The third-order valence-electron chi connectivity index (χ3n) is 6.90. The quantitative estimate of drug-likeness (QED) is 0.202. The Morgan fingerprint density at radius 2 is 1.81 bits per heavy atom. The number of nitrogens with zero attached hydrogens (tertiary/aromatic N) is 6. The van der Waals surface area contributed by atoms with E-state index in [0.717, 1.165) is 40.8 Å². The first kappa shape index (κ1) is 30.1. The zero-order valence-electron chi connectivity index (χ0n) is 25.2. The first-order chi connectivity index (χ1) is 20.0. The third-order valence-corrected chi connectivity index (χ3v) is 6.90. The van der Waals surface area contributed by atoms with Crippen LogP contribution < -0.4 is 20.5 Å². The van der Waals surface area contributed by atoms with E-state index >= 15 is 0 Å². The summed E-state index contributed by atoms with van der Waals surface area (Å²) in [6.07, 6.45) is 4.65. The van der Waals surface area contributed by atoms with Crippen molar-refractivity contribution in [1.29, 1.82) is 0 Å². The fraction of sp³-hybridized carbons (Fsp3) is 0.290. The Bertz CT molecular complexity index is 1630. The molecule has 1 amide bonds. The lowest BCUT2D eigenvalue weighted by atomic mass is 10.1. The van der Waals surface area contributed by atoms with Gasteiger partial charge in [-0.3, -0.25) is 9.47 Å². The highest BCUT2D eigenvalue weighted by Crippen LogP contribution is 2.35. The molecule has 42 heavy (non-hydrogen) atoms. The standard InChI is InChI=1S/C31H38N8O3/c1-9-28(40)33-25-17-24(20(2)16-27(25)38(7)15-14-36(3)4)34-31-32-18-22(30(41)42-8)29(35-31)23-19-39(37(5)6)26-13-11-10-12-21(23)26/h9-13,16-19H,1,14-15H2,2-8H3,(H,33,40)(H,32,34,35). The van der Waals surface area contributed by atoms with Gasteiger partial charge >= 0.3 is 5.97 Å². The molecule has 0 aliphatic rings. The molecule has 4 rings (SSSR count). The lowest BCUT2D eigenvalue weighted by Crippen LogP contribution is -2.29. The number of aryl methyl sites for hydroxylation is 1. The van der Waals surface area contributed by atoms with Crippen LogP contribution in [0.3, 0.4) is 0 Å². The summed E-state index contributed by atoms with van der Waals surface area (Å²) >= 11 is 0. The van der Waals surface area contributed by atoms with Crippen molar-refractivity contribution >= 4 is 45.8 Å². The lowest BCUT2D eigenvalue weighted by molar-refractivity contribution is -0.111. The molecule has 220 valence electrons. The van der Waals surface area contributed by atoms with Crippen molar-refractivity contribution in [3.63, 3.8) is 0 Å². The number of amides is 1. The van der Waals surface area contributed by atoms with Gasteiger partial charge in [0.1, 0.15) is 5.56 Å². The maximum atomic E-state index is 12.8. The predicted octanol–water partition coefficient (Wildman–Crippen LogP) is 4.26. The van der Waals surface area contributed by atoms with Gasteiger partial charge in [-0.15, -0.1) is 0 Å². The number of aromatic nitrogens is 3. The van der Waals surface area contributed by atoms with Crippen LogP contribution in [-0.4, -0.2) is 86.9 Å². The Morgan fingerprint density at radius 3 is 2.48 bits per heavy atom. The molecule has 0 spiro atoms. The number of carbonyl (C=O) groups is 2. The second-order valence-corrected chi connectivity index (χ2v) is 10.4. The number of rotatable bonds is 11.